The molecule has 0 aromatic heterocycles. The highest BCUT2D eigenvalue weighted by Gasteiger charge is 2.12. The van der Waals surface area contributed by atoms with Crippen LogP contribution in [0.3, 0.4) is 0 Å². The maximum atomic E-state index is 13.4. The van der Waals surface area contributed by atoms with E-state index in [4.69, 9.17) is 0 Å². The van der Waals surface area contributed by atoms with Gasteiger partial charge >= 0.3 is 0 Å². The summed E-state index contributed by atoms with van der Waals surface area (Å²) in [5.41, 5.74) is 1.94. The maximum absolute atomic E-state index is 13.4. The van der Waals surface area contributed by atoms with E-state index in [0.717, 1.165) is 11.1 Å². The van der Waals surface area contributed by atoms with Crippen LogP contribution >= 0.6 is 0 Å². The zero-order valence-corrected chi connectivity index (χ0v) is 11.4. The van der Waals surface area contributed by atoms with Crippen LogP contribution in [-0.4, -0.2) is 4.57 Å². The summed E-state index contributed by atoms with van der Waals surface area (Å²) in [6.45, 7) is 3.88. The third-order valence-corrected chi connectivity index (χ3v) is 3.54. The predicted molar refractivity (Wildman–Crippen MR) is 82.1 cm³/mol. The zero-order chi connectivity index (χ0) is 14.8. The van der Waals surface area contributed by atoms with Gasteiger partial charge in [0.15, 0.2) is 5.82 Å². The number of aromatic nitrogens is 1. The fraction of sp³-hybridized carbons (Fsp3) is 0.0556. The highest BCUT2D eigenvalue weighted by Crippen LogP contribution is 2.25. The molecular weight excluding hydrogens is 265 g/mol. The molecule has 3 heteroatoms. The van der Waals surface area contributed by atoms with Crippen LogP contribution in [0.25, 0.3) is 11.1 Å². The summed E-state index contributed by atoms with van der Waals surface area (Å²) < 4.78 is 15.4. The van der Waals surface area contributed by atoms with Crippen LogP contribution in [0.15, 0.2) is 78.4 Å². The third kappa shape index (κ3) is 2.50. The van der Waals surface area contributed by atoms with Crippen molar-refractivity contribution >= 4 is 0 Å². The Kier molecular flexibility index (Phi) is 3.40. The Morgan fingerprint density at radius 1 is 1.10 bits per heavy atom. The molecule has 21 heavy (non-hydrogen) atoms. The molecule has 2 aliphatic rings. The van der Waals surface area contributed by atoms with Crippen molar-refractivity contribution in [1.29, 1.82) is 0 Å². The topological polar surface area (TPSA) is 22.0 Å². The number of nitrogens with zero attached hydrogens (tertiary/aromatic N) is 1. The number of rotatable bonds is 3. The Morgan fingerprint density at radius 2 is 1.86 bits per heavy atom. The van der Waals surface area contributed by atoms with Crippen molar-refractivity contribution in [3.05, 3.63) is 95.2 Å². The Labute approximate surface area is 122 Å². The van der Waals surface area contributed by atoms with Gasteiger partial charge in [0.25, 0.3) is 0 Å². The first kappa shape index (κ1) is 13.3. The van der Waals surface area contributed by atoms with Crippen molar-refractivity contribution in [3.8, 4) is 11.1 Å². The van der Waals surface area contributed by atoms with E-state index in [9.17, 15) is 9.18 Å². The number of benzene rings is 2. The molecule has 0 saturated heterocycles. The van der Waals surface area contributed by atoms with E-state index in [-0.39, 0.29) is 6.04 Å². The molecule has 0 amide bonds. The van der Waals surface area contributed by atoms with E-state index in [1.54, 1.807) is 0 Å². The number of halogens is 1. The molecule has 1 unspecified atom stereocenters. The zero-order valence-electron chi connectivity index (χ0n) is 11.4. The highest BCUT2D eigenvalue weighted by molar-refractivity contribution is 5.63. The number of pyridine rings is 1. The summed E-state index contributed by atoms with van der Waals surface area (Å²) in [5.74, 6) is -0.727. The first-order valence-corrected chi connectivity index (χ1v) is 6.67. The van der Waals surface area contributed by atoms with Crippen LogP contribution in [0.2, 0.25) is 0 Å². The van der Waals surface area contributed by atoms with Gasteiger partial charge in [-0.3, -0.25) is 4.79 Å². The van der Waals surface area contributed by atoms with E-state index in [1.807, 2.05) is 59.4 Å². The van der Waals surface area contributed by atoms with Crippen LogP contribution in [0.5, 0.6) is 0 Å². The van der Waals surface area contributed by atoms with Crippen LogP contribution < -0.4 is 5.43 Å². The second-order valence-corrected chi connectivity index (χ2v) is 4.89. The average molecular weight is 279 g/mol. The van der Waals surface area contributed by atoms with Crippen LogP contribution in [0.1, 0.15) is 11.6 Å². The molecule has 0 radical (unpaired) electrons. The van der Waals surface area contributed by atoms with E-state index in [2.05, 4.69) is 6.58 Å². The summed E-state index contributed by atoms with van der Waals surface area (Å²) in [5, 5.41) is 0. The van der Waals surface area contributed by atoms with Crippen molar-refractivity contribution in [3.63, 3.8) is 0 Å². The van der Waals surface area contributed by atoms with Crippen molar-refractivity contribution in [2.75, 3.05) is 0 Å². The summed E-state index contributed by atoms with van der Waals surface area (Å²) >= 11 is 0. The van der Waals surface area contributed by atoms with Gasteiger partial charge in [-0.05, 0) is 29.3 Å². The maximum Gasteiger partial charge on any atom is 0.214 e. The number of hydrogen-bond acceptors (Lipinski definition) is 1. The molecule has 2 nitrogen and oxygen atoms in total. The van der Waals surface area contributed by atoms with Gasteiger partial charge in [0.05, 0.1) is 6.04 Å². The monoisotopic (exact) mass is 279 g/mol. The minimum atomic E-state index is -0.727. The fourth-order valence-corrected chi connectivity index (χ4v) is 2.46. The van der Waals surface area contributed by atoms with Gasteiger partial charge < -0.3 is 4.57 Å². The molecule has 1 aromatic carbocycles. The van der Waals surface area contributed by atoms with Crippen molar-refractivity contribution in [2.24, 2.45) is 0 Å². The van der Waals surface area contributed by atoms with Crippen LogP contribution in [-0.2, 0) is 0 Å². The van der Waals surface area contributed by atoms with E-state index >= 15 is 0 Å². The smallest absolute Gasteiger partial charge is 0.214 e. The van der Waals surface area contributed by atoms with E-state index < -0.39 is 11.2 Å². The largest absolute Gasteiger partial charge is 0.343 e. The summed E-state index contributed by atoms with van der Waals surface area (Å²) in [7, 11) is 0. The summed E-state index contributed by atoms with van der Waals surface area (Å²) in [4.78, 5) is 11.3. The minimum absolute atomic E-state index is 0.0365. The molecule has 104 valence electrons. The van der Waals surface area contributed by atoms with E-state index in [1.165, 1.54) is 12.1 Å². The normalized spacial score (nSPS) is 12.2. The molecule has 0 bridgehead atoms. The fourth-order valence-electron chi connectivity index (χ4n) is 2.46. The Hall–Kier alpha value is -2.68. The lowest BCUT2D eigenvalue weighted by Gasteiger charge is -2.19. The standard InChI is InChI=1S/C18H14FNO/c1-2-17(13-6-4-3-5-7-13)20-9-8-14-11-18(21)16(19)10-15(14)12-20/h2-12,17H,1H2. The molecule has 1 aliphatic carbocycles. The number of allylic oxidation sites excluding steroid dienone is 1. The SMILES string of the molecule is C=CC(c1ccccc1)n1ccc2cc(=O)c(F)cc-2c1. The molecule has 0 N–H and O–H groups in total. The Morgan fingerprint density at radius 3 is 2.57 bits per heavy atom. The van der Waals surface area contributed by atoms with Gasteiger partial charge in [0.2, 0.25) is 5.43 Å². The van der Waals surface area contributed by atoms with Gasteiger partial charge in [-0.2, -0.15) is 0 Å². The highest BCUT2D eigenvalue weighted by atomic mass is 19.1. The van der Waals surface area contributed by atoms with Crippen molar-refractivity contribution < 1.29 is 4.39 Å². The Balaban J connectivity index is 2.12. The molecule has 1 heterocycles. The Bertz CT molecular complexity index is 807. The predicted octanol–water partition coefficient (Wildman–Crippen LogP) is 3.87. The number of fused-ring (bicyclic) bond motifs is 1. The lowest BCUT2D eigenvalue weighted by Crippen LogP contribution is -2.11. The molecule has 1 atom stereocenters. The van der Waals surface area contributed by atoms with Gasteiger partial charge in [0.1, 0.15) is 0 Å². The van der Waals surface area contributed by atoms with E-state index in [0.29, 0.717) is 5.56 Å². The molecule has 0 fully saturated rings. The second-order valence-electron chi connectivity index (χ2n) is 4.89. The lowest BCUT2D eigenvalue weighted by atomic mass is 10.0. The average Bonchev–Trinajstić information content (AvgIpc) is 2.50. The van der Waals surface area contributed by atoms with Crippen LogP contribution in [0.4, 0.5) is 4.39 Å². The molecule has 1 aromatic rings. The molecule has 0 saturated carbocycles. The number of hydrogen-bond donors (Lipinski definition) is 0. The van der Waals surface area contributed by atoms with Gasteiger partial charge in [-0.25, -0.2) is 4.39 Å². The first-order valence-electron chi connectivity index (χ1n) is 6.67. The first-order chi connectivity index (χ1) is 10.2. The van der Waals surface area contributed by atoms with Gasteiger partial charge in [-0.1, -0.05) is 36.4 Å². The molecule has 3 rings (SSSR count). The third-order valence-electron chi connectivity index (χ3n) is 3.54. The molecule has 0 spiro atoms. The van der Waals surface area contributed by atoms with Gasteiger partial charge in [-0.15, -0.1) is 6.58 Å². The lowest BCUT2D eigenvalue weighted by molar-refractivity contribution is 0.617. The summed E-state index contributed by atoms with van der Waals surface area (Å²) in [6.07, 6.45) is 5.54. The van der Waals surface area contributed by atoms with Crippen LogP contribution in [0, 0.1) is 5.82 Å². The molecule has 1 aliphatic heterocycles. The second kappa shape index (κ2) is 5.37. The quantitative estimate of drug-likeness (QED) is 0.667. The van der Waals surface area contributed by atoms with Crippen molar-refractivity contribution in [1.82, 2.24) is 4.57 Å². The molecular formula is C18H14FNO. The minimum Gasteiger partial charge on any atom is -0.343 e. The summed E-state index contributed by atoms with van der Waals surface area (Å²) in [6, 6.07) is 14.3. The van der Waals surface area contributed by atoms with Gasteiger partial charge in [0, 0.05) is 18.0 Å². The van der Waals surface area contributed by atoms with Crippen molar-refractivity contribution in [2.45, 2.75) is 6.04 Å².